The second-order valence-corrected chi connectivity index (χ2v) is 6.25. The summed E-state index contributed by atoms with van der Waals surface area (Å²) in [6.07, 6.45) is 4.52. The van der Waals surface area contributed by atoms with Crippen molar-refractivity contribution in [3.8, 4) is 5.75 Å². The Bertz CT molecular complexity index is 640. The smallest absolute Gasteiger partial charge is 0.187 e. The van der Waals surface area contributed by atoms with E-state index in [9.17, 15) is 9.90 Å². The van der Waals surface area contributed by atoms with Gasteiger partial charge in [0.15, 0.2) is 5.11 Å². The number of hydrogen-bond acceptors (Lipinski definition) is 5. The monoisotopic (exact) mass is 348 g/mol. The third-order valence-corrected chi connectivity index (χ3v) is 4.26. The molecule has 0 bridgehead atoms. The second kappa shape index (κ2) is 8.63. The molecule has 1 aromatic carbocycles. The zero-order valence-corrected chi connectivity index (χ0v) is 14.7. The highest BCUT2D eigenvalue weighted by Crippen LogP contribution is 2.21. The van der Waals surface area contributed by atoms with Crippen LogP contribution in [0.4, 0.5) is 0 Å². The Hall–Kier alpha value is -2.15. The molecular weight excluding hydrogens is 326 g/mol. The highest BCUT2D eigenvalue weighted by atomic mass is 32.1. The van der Waals surface area contributed by atoms with Crippen LogP contribution in [-0.2, 0) is 11.2 Å². The molecule has 1 aliphatic carbocycles. The van der Waals surface area contributed by atoms with E-state index in [1.54, 1.807) is 12.1 Å². The third kappa shape index (κ3) is 5.19. The van der Waals surface area contributed by atoms with Gasteiger partial charge in [0.1, 0.15) is 5.75 Å². The van der Waals surface area contributed by atoms with Gasteiger partial charge in [-0.25, -0.2) is 0 Å². The third-order valence-electron chi connectivity index (χ3n) is 4.05. The van der Waals surface area contributed by atoms with Gasteiger partial charge in [0.05, 0.1) is 12.8 Å². The van der Waals surface area contributed by atoms with Gasteiger partial charge in [-0.15, -0.1) is 0 Å². The molecule has 0 heterocycles. The van der Waals surface area contributed by atoms with Gasteiger partial charge < -0.3 is 20.0 Å². The zero-order chi connectivity index (χ0) is 17.5. The van der Waals surface area contributed by atoms with Gasteiger partial charge in [-0.1, -0.05) is 12.8 Å². The number of ether oxygens (including phenoxy) is 1. The van der Waals surface area contributed by atoms with Gasteiger partial charge in [0, 0.05) is 24.0 Å². The molecule has 7 heteroatoms. The van der Waals surface area contributed by atoms with Crippen LogP contribution in [0.1, 0.15) is 43.7 Å². The average Bonchev–Trinajstić information content (AvgIpc) is 3.05. The Morgan fingerprint density at radius 3 is 2.75 bits per heavy atom. The van der Waals surface area contributed by atoms with E-state index in [2.05, 4.69) is 15.8 Å². The summed E-state index contributed by atoms with van der Waals surface area (Å²) in [5.74, 6) is -0.637. The number of carboxylic acid groups (broad SMARTS) is 1. The number of thiocarbonyl (C=S) groups is 1. The van der Waals surface area contributed by atoms with Crippen LogP contribution >= 0.6 is 12.2 Å². The Morgan fingerprint density at radius 2 is 2.12 bits per heavy atom. The summed E-state index contributed by atoms with van der Waals surface area (Å²) in [5.41, 5.74) is 4.89. The molecule has 1 saturated carbocycles. The van der Waals surface area contributed by atoms with Crippen molar-refractivity contribution in [3.05, 3.63) is 29.3 Å². The molecule has 0 spiro atoms. The van der Waals surface area contributed by atoms with Crippen LogP contribution in [0.2, 0.25) is 0 Å². The minimum Gasteiger partial charge on any atom is -0.550 e. The van der Waals surface area contributed by atoms with E-state index in [0.29, 0.717) is 28.2 Å². The van der Waals surface area contributed by atoms with Crippen LogP contribution in [0.5, 0.6) is 5.75 Å². The van der Waals surface area contributed by atoms with Crippen molar-refractivity contribution in [2.24, 2.45) is 5.10 Å². The number of carbonyl (C=O) groups excluding carboxylic acids is 1. The molecule has 2 rings (SSSR count). The molecule has 24 heavy (non-hydrogen) atoms. The van der Waals surface area contributed by atoms with Gasteiger partial charge in [-0.3, -0.25) is 5.43 Å². The molecule has 0 aliphatic heterocycles. The molecule has 130 valence electrons. The van der Waals surface area contributed by atoms with Crippen LogP contribution < -0.4 is 20.6 Å². The number of rotatable bonds is 6. The van der Waals surface area contributed by atoms with Crippen molar-refractivity contribution in [1.82, 2.24) is 10.7 Å². The van der Waals surface area contributed by atoms with Gasteiger partial charge in [0.2, 0.25) is 0 Å². The van der Waals surface area contributed by atoms with E-state index in [0.717, 1.165) is 18.4 Å². The van der Waals surface area contributed by atoms with Crippen molar-refractivity contribution in [2.45, 2.75) is 45.1 Å². The number of hydrogen-bond donors (Lipinski definition) is 2. The zero-order valence-electron chi connectivity index (χ0n) is 13.9. The highest BCUT2D eigenvalue weighted by Gasteiger charge is 2.15. The van der Waals surface area contributed by atoms with Crippen molar-refractivity contribution in [2.75, 3.05) is 7.11 Å². The number of carbonyl (C=O) groups is 1. The molecule has 1 fully saturated rings. The average molecular weight is 348 g/mol. The summed E-state index contributed by atoms with van der Waals surface area (Å²) >= 11 is 5.25. The molecule has 0 saturated heterocycles. The lowest BCUT2D eigenvalue weighted by atomic mass is 10.0. The van der Waals surface area contributed by atoms with Gasteiger partial charge in [-0.05, 0) is 55.7 Å². The summed E-state index contributed by atoms with van der Waals surface area (Å²) < 4.78 is 5.18. The lowest BCUT2D eigenvalue weighted by Gasteiger charge is -2.14. The topological polar surface area (TPSA) is 85.8 Å². The first-order valence-electron chi connectivity index (χ1n) is 7.97. The Morgan fingerprint density at radius 1 is 1.42 bits per heavy atom. The Kier molecular flexibility index (Phi) is 6.54. The summed E-state index contributed by atoms with van der Waals surface area (Å²) in [4.78, 5) is 10.9. The number of nitrogens with zero attached hydrogens (tertiary/aromatic N) is 1. The predicted octanol–water partition coefficient (Wildman–Crippen LogP) is 1.12. The molecule has 2 N–H and O–H groups in total. The molecular formula is C17H22N3O3S-. The number of aliphatic carboxylic acids is 1. The van der Waals surface area contributed by atoms with E-state index in [4.69, 9.17) is 17.0 Å². The largest absolute Gasteiger partial charge is 0.550 e. The first-order valence-corrected chi connectivity index (χ1v) is 8.38. The Balaban J connectivity index is 2.03. The molecule has 0 radical (unpaired) electrons. The quantitative estimate of drug-likeness (QED) is 0.455. The minimum absolute atomic E-state index is 0.209. The summed E-state index contributed by atoms with van der Waals surface area (Å²) in [7, 11) is 1.50. The fourth-order valence-corrected chi connectivity index (χ4v) is 3.00. The van der Waals surface area contributed by atoms with E-state index in [1.807, 2.05) is 13.0 Å². The molecule has 0 unspecified atom stereocenters. The lowest BCUT2D eigenvalue weighted by molar-refractivity contribution is -0.304. The van der Waals surface area contributed by atoms with Gasteiger partial charge in [-0.2, -0.15) is 5.10 Å². The van der Waals surface area contributed by atoms with Crippen LogP contribution in [0, 0.1) is 0 Å². The molecule has 0 atom stereocenters. The fraction of sp³-hybridized carbons (Fsp3) is 0.471. The highest BCUT2D eigenvalue weighted by molar-refractivity contribution is 7.80. The second-order valence-electron chi connectivity index (χ2n) is 5.84. The van der Waals surface area contributed by atoms with Crippen molar-refractivity contribution < 1.29 is 14.6 Å². The van der Waals surface area contributed by atoms with E-state index < -0.39 is 5.97 Å². The molecule has 0 amide bonds. The molecule has 1 aromatic rings. The van der Waals surface area contributed by atoms with E-state index in [-0.39, 0.29) is 6.42 Å². The van der Waals surface area contributed by atoms with Crippen molar-refractivity contribution >= 4 is 29.0 Å². The maximum Gasteiger partial charge on any atom is 0.187 e. The maximum absolute atomic E-state index is 10.9. The molecule has 6 nitrogen and oxygen atoms in total. The first-order chi connectivity index (χ1) is 11.5. The SMILES string of the molecule is COc1ccc(/C(C)=N\NC(=S)NC2CCCC2)cc1CC(=O)[O-]. The number of nitrogens with one attached hydrogen (secondary N) is 2. The van der Waals surface area contributed by atoms with Gasteiger partial charge >= 0.3 is 0 Å². The number of hydrazone groups is 1. The molecule has 1 aliphatic rings. The predicted molar refractivity (Wildman–Crippen MR) is 95.0 cm³/mol. The van der Waals surface area contributed by atoms with Crippen molar-refractivity contribution in [1.29, 1.82) is 0 Å². The summed E-state index contributed by atoms with van der Waals surface area (Å²) in [6.45, 7) is 1.83. The van der Waals surface area contributed by atoms with E-state index in [1.165, 1.54) is 20.0 Å². The normalized spacial score (nSPS) is 15.2. The minimum atomic E-state index is -1.15. The standard InChI is InChI=1S/C17H23N3O3S/c1-11(19-20-17(24)18-14-5-3-4-6-14)12-7-8-15(23-2)13(9-12)10-16(21)22/h7-9,14H,3-6,10H2,1-2H3,(H,21,22)(H2,18,20,24)/p-1/b19-11-. The first kappa shape index (κ1) is 18.2. The fourth-order valence-electron chi connectivity index (χ4n) is 2.78. The number of carboxylic acids is 1. The van der Waals surface area contributed by atoms with Crippen LogP contribution in [-0.4, -0.2) is 29.9 Å². The van der Waals surface area contributed by atoms with Gasteiger partial charge in [0.25, 0.3) is 0 Å². The maximum atomic E-state index is 10.9. The summed E-state index contributed by atoms with van der Waals surface area (Å²) in [5, 5.41) is 18.9. The summed E-state index contributed by atoms with van der Waals surface area (Å²) in [6, 6.07) is 5.71. The molecule has 0 aromatic heterocycles. The van der Waals surface area contributed by atoms with E-state index >= 15 is 0 Å². The number of benzene rings is 1. The lowest BCUT2D eigenvalue weighted by Crippen LogP contribution is -2.38. The van der Waals surface area contributed by atoms with Crippen LogP contribution in [0.15, 0.2) is 23.3 Å². The van der Waals surface area contributed by atoms with Crippen molar-refractivity contribution in [3.63, 3.8) is 0 Å². The Labute approximate surface area is 147 Å². The number of methoxy groups -OCH3 is 1. The van der Waals surface area contributed by atoms with Crippen LogP contribution in [0.25, 0.3) is 0 Å². The van der Waals surface area contributed by atoms with Crippen LogP contribution in [0.3, 0.4) is 0 Å².